The average Bonchev–Trinajstić information content (AvgIpc) is 2.28. The summed E-state index contributed by atoms with van der Waals surface area (Å²) in [5.74, 6) is -0.342. The molecule has 0 spiro atoms. The predicted octanol–water partition coefficient (Wildman–Crippen LogP) is 2.11. The van der Waals surface area contributed by atoms with Crippen molar-refractivity contribution in [3.63, 3.8) is 0 Å². The Morgan fingerprint density at radius 3 is 2.75 bits per heavy atom. The van der Waals surface area contributed by atoms with Gasteiger partial charge in [0.05, 0.1) is 12.8 Å². The third-order valence-electron chi connectivity index (χ3n) is 1.73. The molecule has 16 heavy (non-hydrogen) atoms. The molecular formula is C11H13FN2O2. The van der Waals surface area contributed by atoms with E-state index in [2.05, 4.69) is 17.2 Å². The number of ether oxygens (including phenoxy) is 1. The molecule has 2 amide bonds. The summed E-state index contributed by atoms with van der Waals surface area (Å²) in [7, 11) is 0. The van der Waals surface area contributed by atoms with E-state index in [0.29, 0.717) is 18.8 Å². The number of hydrogen-bond acceptors (Lipinski definition) is 2. The van der Waals surface area contributed by atoms with Crippen LogP contribution in [0.1, 0.15) is 0 Å². The molecule has 1 rings (SSSR count). The third kappa shape index (κ3) is 4.45. The first-order valence-electron chi connectivity index (χ1n) is 4.75. The van der Waals surface area contributed by atoms with Gasteiger partial charge >= 0.3 is 6.03 Å². The molecule has 1 aromatic rings. The van der Waals surface area contributed by atoms with Crippen LogP contribution in [0.25, 0.3) is 0 Å². The molecule has 0 bridgehead atoms. The third-order valence-corrected chi connectivity index (χ3v) is 1.73. The number of benzene rings is 1. The van der Waals surface area contributed by atoms with Crippen LogP contribution in [0.3, 0.4) is 0 Å². The van der Waals surface area contributed by atoms with Crippen molar-refractivity contribution >= 4 is 11.7 Å². The Kier molecular flexibility index (Phi) is 4.85. The number of rotatable bonds is 5. The van der Waals surface area contributed by atoms with E-state index in [-0.39, 0.29) is 11.8 Å². The molecule has 0 aliphatic carbocycles. The first kappa shape index (κ1) is 12.0. The molecule has 0 saturated carbocycles. The summed E-state index contributed by atoms with van der Waals surface area (Å²) < 4.78 is 17.4. The van der Waals surface area contributed by atoms with Crippen LogP contribution in [0.2, 0.25) is 0 Å². The summed E-state index contributed by atoms with van der Waals surface area (Å²) in [6.07, 6.45) is 1.31. The molecular weight excluding hydrogens is 211 g/mol. The van der Waals surface area contributed by atoms with Gasteiger partial charge in [0.2, 0.25) is 0 Å². The molecule has 0 atom stereocenters. The Morgan fingerprint density at radius 1 is 1.44 bits per heavy atom. The monoisotopic (exact) mass is 224 g/mol. The van der Waals surface area contributed by atoms with Crippen molar-refractivity contribution < 1.29 is 13.9 Å². The Bertz CT molecular complexity index is 352. The number of amides is 2. The quantitative estimate of drug-likeness (QED) is 0.594. The summed E-state index contributed by atoms with van der Waals surface area (Å²) in [5, 5.41) is 5.11. The fourth-order valence-electron chi connectivity index (χ4n) is 1.02. The molecule has 0 aliphatic heterocycles. The van der Waals surface area contributed by atoms with Gasteiger partial charge < -0.3 is 15.4 Å². The maximum Gasteiger partial charge on any atom is 0.319 e. The summed E-state index contributed by atoms with van der Waals surface area (Å²) >= 11 is 0. The van der Waals surface area contributed by atoms with E-state index in [1.54, 1.807) is 0 Å². The maximum absolute atomic E-state index is 12.6. The molecule has 0 heterocycles. The fraction of sp³-hybridized carbons (Fsp3) is 0.182. The Morgan fingerprint density at radius 2 is 2.12 bits per heavy atom. The molecule has 0 aliphatic rings. The highest BCUT2D eigenvalue weighted by atomic mass is 19.1. The summed E-state index contributed by atoms with van der Waals surface area (Å²) in [6, 6.07) is 5.15. The van der Waals surface area contributed by atoms with Crippen molar-refractivity contribution in [1.82, 2.24) is 5.32 Å². The smallest absolute Gasteiger partial charge is 0.319 e. The van der Waals surface area contributed by atoms with E-state index in [9.17, 15) is 9.18 Å². The Balaban J connectivity index is 2.28. The highest BCUT2D eigenvalue weighted by Gasteiger charge is 2.00. The van der Waals surface area contributed by atoms with Gasteiger partial charge in [-0.1, -0.05) is 6.58 Å². The van der Waals surface area contributed by atoms with Gasteiger partial charge in [-0.15, -0.1) is 0 Å². The number of carbonyl (C=O) groups is 1. The zero-order valence-electron chi connectivity index (χ0n) is 8.70. The lowest BCUT2D eigenvalue weighted by atomic mass is 10.3. The van der Waals surface area contributed by atoms with E-state index < -0.39 is 0 Å². The lowest BCUT2D eigenvalue weighted by molar-refractivity contribution is 0.234. The number of hydrogen-bond donors (Lipinski definition) is 2. The molecule has 0 aromatic heterocycles. The summed E-state index contributed by atoms with van der Waals surface area (Å²) in [4.78, 5) is 11.3. The lowest BCUT2D eigenvalue weighted by Gasteiger charge is -2.07. The van der Waals surface area contributed by atoms with Crippen LogP contribution in [0.15, 0.2) is 37.1 Å². The van der Waals surface area contributed by atoms with Crippen molar-refractivity contribution in [2.75, 3.05) is 18.5 Å². The molecule has 4 nitrogen and oxygen atoms in total. The SMILES string of the molecule is C=COCCNC(=O)Nc1ccc(F)cc1. The standard InChI is InChI=1S/C11H13FN2O2/c1-2-16-8-7-13-11(15)14-10-5-3-9(12)4-6-10/h2-6H,1,7-8H2,(H2,13,14,15). The second-order valence-corrected chi connectivity index (χ2v) is 2.93. The van der Waals surface area contributed by atoms with Crippen LogP contribution in [0.4, 0.5) is 14.9 Å². The fourth-order valence-corrected chi connectivity index (χ4v) is 1.02. The van der Waals surface area contributed by atoms with Gasteiger partial charge in [-0.25, -0.2) is 9.18 Å². The van der Waals surface area contributed by atoms with Gasteiger partial charge in [0.1, 0.15) is 12.4 Å². The van der Waals surface area contributed by atoms with Crippen molar-refractivity contribution in [3.8, 4) is 0 Å². The van der Waals surface area contributed by atoms with Crippen LogP contribution < -0.4 is 10.6 Å². The maximum atomic E-state index is 12.6. The first-order valence-corrected chi connectivity index (χ1v) is 4.75. The second kappa shape index (κ2) is 6.44. The van der Waals surface area contributed by atoms with E-state index in [1.165, 1.54) is 30.5 Å². The average molecular weight is 224 g/mol. The molecule has 0 radical (unpaired) electrons. The minimum Gasteiger partial charge on any atom is -0.500 e. The minimum absolute atomic E-state index is 0.342. The first-order chi connectivity index (χ1) is 7.72. The molecule has 1 aromatic carbocycles. The molecule has 2 N–H and O–H groups in total. The topological polar surface area (TPSA) is 50.4 Å². The summed E-state index contributed by atoms with van der Waals surface area (Å²) in [5.41, 5.74) is 0.531. The van der Waals surface area contributed by atoms with Crippen LogP contribution in [0.5, 0.6) is 0 Å². The normalized spacial score (nSPS) is 9.31. The van der Waals surface area contributed by atoms with E-state index in [4.69, 9.17) is 4.74 Å². The number of carbonyl (C=O) groups excluding carboxylic acids is 1. The molecule has 0 unspecified atom stereocenters. The minimum atomic E-state index is -0.362. The van der Waals surface area contributed by atoms with Crippen molar-refractivity contribution in [2.45, 2.75) is 0 Å². The van der Waals surface area contributed by atoms with Crippen LogP contribution >= 0.6 is 0 Å². The van der Waals surface area contributed by atoms with Gasteiger partial charge in [-0.05, 0) is 24.3 Å². The zero-order valence-corrected chi connectivity index (χ0v) is 8.70. The summed E-state index contributed by atoms with van der Waals surface area (Å²) in [6.45, 7) is 4.10. The van der Waals surface area contributed by atoms with Gasteiger partial charge in [0.25, 0.3) is 0 Å². The van der Waals surface area contributed by atoms with Crippen LogP contribution in [-0.2, 0) is 4.74 Å². The second-order valence-electron chi connectivity index (χ2n) is 2.93. The van der Waals surface area contributed by atoms with Gasteiger partial charge in [-0.3, -0.25) is 0 Å². The van der Waals surface area contributed by atoms with E-state index in [1.807, 2.05) is 0 Å². The molecule has 0 saturated heterocycles. The van der Waals surface area contributed by atoms with Crippen LogP contribution in [0, 0.1) is 5.82 Å². The number of nitrogens with one attached hydrogen (secondary N) is 2. The molecule has 5 heteroatoms. The highest BCUT2D eigenvalue weighted by Crippen LogP contribution is 2.07. The number of anilines is 1. The van der Waals surface area contributed by atoms with Gasteiger partial charge in [0.15, 0.2) is 0 Å². The van der Waals surface area contributed by atoms with E-state index in [0.717, 1.165) is 0 Å². The Hall–Kier alpha value is -2.04. The largest absolute Gasteiger partial charge is 0.500 e. The van der Waals surface area contributed by atoms with Crippen molar-refractivity contribution in [3.05, 3.63) is 42.9 Å². The van der Waals surface area contributed by atoms with Crippen molar-refractivity contribution in [1.29, 1.82) is 0 Å². The highest BCUT2D eigenvalue weighted by molar-refractivity contribution is 5.89. The number of halogens is 1. The van der Waals surface area contributed by atoms with Crippen LogP contribution in [-0.4, -0.2) is 19.2 Å². The zero-order chi connectivity index (χ0) is 11.8. The lowest BCUT2D eigenvalue weighted by Crippen LogP contribution is -2.31. The predicted molar refractivity (Wildman–Crippen MR) is 59.6 cm³/mol. The molecule has 0 fully saturated rings. The van der Waals surface area contributed by atoms with Crippen molar-refractivity contribution in [2.24, 2.45) is 0 Å². The van der Waals surface area contributed by atoms with E-state index >= 15 is 0 Å². The Labute approximate surface area is 93.1 Å². The number of urea groups is 1. The van der Waals surface area contributed by atoms with Gasteiger partial charge in [0, 0.05) is 5.69 Å². The molecule has 86 valence electrons. The van der Waals surface area contributed by atoms with Gasteiger partial charge in [-0.2, -0.15) is 0 Å².